The van der Waals surface area contributed by atoms with Crippen molar-refractivity contribution < 1.29 is 40.4 Å². The Morgan fingerprint density at radius 1 is 0.692 bits per heavy atom. The quantitative estimate of drug-likeness (QED) is 0.226. The van der Waals surface area contributed by atoms with Crippen LogP contribution >= 0.6 is 0 Å². The first-order chi connectivity index (χ1) is 11.6. The summed E-state index contributed by atoms with van der Waals surface area (Å²) in [5, 5.41) is 0. The summed E-state index contributed by atoms with van der Waals surface area (Å²) in [5.74, 6) is 3.46. The number of halogens is 2. The zero-order valence-electron chi connectivity index (χ0n) is 18.6. The molecule has 0 heterocycles. The van der Waals surface area contributed by atoms with Crippen molar-refractivity contribution >= 4 is 0 Å². The number of hydrogen-bond donors (Lipinski definition) is 2. The van der Waals surface area contributed by atoms with Gasteiger partial charge in [-0.05, 0) is 19.8 Å². The van der Waals surface area contributed by atoms with E-state index in [2.05, 4.69) is 40.8 Å². The first kappa shape index (κ1) is 34.0. The molecule has 0 aliphatic carbocycles. The minimum absolute atomic E-state index is 0. The number of rotatable bonds is 16. The lowest BCUT2D eigenvalue weighted by Gasteiger charge is -2.05. The Bertz CT molecular complexity index is 220. The Balaban J connectivity index is -0.000000261. The van der Waals surface area contributed by atoms with Gasteiger partial charge in [-0.3, -0.25) is 0 Å². The molecule has 0 aromatic rings. The van der Waals surface area contributed by atoms with Crippen LogP contribution in [-0.2, 0) is 4.84 Å². The molecule has 164 valence electrons. The second-order valence-corrected chi connectivity index (χ2v) is 7.61. The predicted molar refractivity (Wildman–Crippen MR) is 107 cm³/mol. The molecule has 4 N–H and O–H groups in total. The molecule has 0 fully saturated rings. The van der Waals surface area contributed by atoms with Gasteiger partial charge in [0.15, 0.2) is 0 Å². The van der Waals surface area contributed by atoms with Crippen molar-refractivity contribution in [2.45, 2.75) is 117 Å². The minimum atomic E-state index is 0. The van der Waals surface area contributed by atoms with E-state index in [1.165, 1.54) is 101 Å². The van der Waals surface area contributed by atoms with Crippen LogP contribution < -0.4 is 35.6 Å². The molecule has 26 heavy (non-hydrogen) atoms. The van der Waals surface area contributed by atoms with Crippen LogP contribution in [0.5, 0.6) is 0 Å². The van der Waals surface area contributed by atoms with Crippen molar-refractivity contribution in [2.24, 2.45) is 0 Å². The molecule has 0 aliphatic rings. The Labute approximate surface area is 178 Å². The van der Waals surface area contributed by atoms with Crippen molar-refractivity contribution in [2.75, 3.05) is 20.6 Å². The van der Waals surface area contributed by atoms with E-state index in [4.69, 9.17) is 4.84 Å². The molecule has 5 heteroatoms. The largest absolute Gasteiger partial charge is 1.00 e. The topological polar surface area (TPSA) is 41.3 Å². The summed E-state index contributed by atoms with van der Waals surface area (Å²) in [6.07, 6.45) is 19.8. The van der Waals surface area contributed by atoms with Gasteiger partial charge in [0, 0.05) is 0 Å². The van der Waals surface area contributed by atoms with Gasteiger partial charge in [-0.1, -0.05) is 90.9 Å². The van der Waals surface area contributed by atoms with Gasteiger partial charge in [0.1, 0.15) is 6.10 Å². The molecule has 0 saturated heterocycles. The average molecular weight is 418 g/mol. The van der Waals surface area contributed by atoms with Crippen LogP contribution in [0.2, 0.25) is 0 Å². The molecule has 1 unspecified atom stereocenters. The number of unbranched alkanes of at least 4 members (excludes halogenated alkanes) is 11. The first-order valence-corrected chi connectivity index (χ1v) is 10.8. The normalized spacial score (nSPS) is 11.2. The Morgan fingerprint density at radius 2 is 1.08 bits per heavy atom. The molecule has 1 atom stereocenters. The third-order valence-corrected chi connectivity index (χ3v) is 4.50. The number of quaternary nitrogens is 2. The third-order valence-electron chi connectivity index (χ3n) is 4.50. The van der Waals surface area contributed by atoms with E-state index in [-0.39, 0.29) is 24.8 Å². The van der Waals surface area contributed by atoms with E-state index in [0.717, 1.165) is 0 Å². The lowest BCUT2D eigenvalue weighted by molar-refractivity contribution is -0.858. The van der Waals surface area contributed by atoms with Crippen LogP contribution in [0.15, 0.2) is 0 Å². The maximum atomic E-state index is 5.00. The summed E-state index contributed by atoms with van der Waals surface area (Å²) in [6.45, 7) is 7.88. The fourth-order valence-electron chi connectivity index (χ4n) is 2.86. The van der Waals surface area contributed by atoms with Crippen molar-refractivity contribution in [1.29, 1.82) is 0 Å². The van der Waals surface area contributed by atoms with Gasteiger partial charge in [0.25, 0.3) is 0 Å². The molecular formula is C21H50Cl2N2O. The summed E-state index contributed by atoms with van der Waals surface area (Å²) >= 11 is 0. The van der Waals surface area contributed by atoms with Crippen LogP contribution in [0.3, 0.4) is 0 Å². The highest BCUT2D eigenvalue weighted by molar-refractivity contribution is 4.51. The number of hydrogen-bond acceptors (Lipinski definition) is 1. The summed E-state index contributed by atoms with van der Waals surface area (Å²) in [5.41, 5.74) is 0. The standard InChI is InChI=1S/C16H36NO.C5H13N.2ClH/c1-3-4-5-6-7-8-9-10-11-12-13-14-15-16(2)18-17;1-4-5-6(2)3;;/h16H,3-15H2,1-2,17H3;4-5H2,1-3H3;2*1H/q+1;;;/p-1. The van der Waals surface area contributed by atoms with Crippen LogP contribution in [0, 0.1) is 0 Å². The molecule has 3 nitrogen and oxygen atoms in total. The summed E-state index contributed by atoms with van der Waals surface area (Å²) in [4.78, 5) is 6.54. The SMILES string of the molecule is CCCCCCCCCCCCCCC(C)O[NH3+].CCC[NH+](C)C.[Cl-].[Cl-]. The van der Waals surface area contributed by atoms with E-state index in [1.807, 2.05) is 0 Å². The van der Waals surface area contributed by atoms with Crippen LogP contribution in [0.25, 0.3) is 0 Å². The monoisotopic (exact) mass is 416 g/mol. The maximum absolute atomic E-state index is 5.00. The second-order valence-electron chi connectivity index (χ2n) is 7.61. The zero-order valence-corrected chi connectivity index (χ0v) is 20.1. The maximum Gasteiger partial charge on any atom is 0.114 e. The lowest BCUT2D eigenvalue weighted by Crippen LogP contribution is -3.05. The summed E-state index contributed by atoms with van der Waals surface area (Å²) in [6, 6.07) is 0. The Kier molecular flexibility index (Phi) is 39.5. The third kappa shape index (κ3) is 35.5. The number of nitrogens with one attached hydrogen (secondary N) is 1. The van der Waals surface area contributed by atoms with E-state index in [0.29, 0.717) is 6.10 Å². The summed E-state index contributed by atoms with van der Waals surface area (Å²) < 4.78 is 0. The molecule has 0 radical (unpaired) electrons. The molecule has 0 amide bonds. The Hall–Kier alpha value is 0.460. The highest BCUT2D eigenvalue weighted by atomic mass is 35.5. The molecular weight excluding hydrogens is 367 g/mol. The van der Waals surface area contributed by atoms with Gasteiger partial charge >= 0.3 is 0 Å². The van der Waals surface area contributed by atoms with Gasteiger partial charge in [-0.25, -0.2) is 10.7 Å². The highest BCUT2D eigenvalue weighted by Gasteiger charge is 2.01. The van der Waals surface area contributed by atoms with Crippen LogP contribution in [0.4, 0.5) is 0 Å². The van der Waals surface area contributed by atoms with Crippen molar-refractivity contribution in [3.63, 3.8) is 0 Å². The zero-order chi connectivity index (χ0) is 18.5. The van der Waals surface area contributed by atoms with Gasteiger partial charge in [0.2, 0.25) is 0 Å². The molecule has 0 saturated carbocycles. The molecule has 0 rings (SSSR count). The molecule has 0 bridgehead atoms. The predicted octanol–water partition coefficient (Wildman–Crippen LogP) is -1.81. The fraction of sp³-hybridized carbons (Fsp3) is 1.00. The lowest BCUT2D eigenvalue weighted by atomic mass is 10.0. The highest BCUT2D eigenvalue weighted by Crippen LogP contribution is 2.13. The molecule has 0 spiro atoms. The second kappa shape index (κ2) is 30.2. The smallest absolute Gasteiger partial charge is 0.114 e. The molecule has 0 aromatic heterocycles. The van der Waals surface area contributed by atoms with Gasteiger partial charge in [0.05, 0.1) is 20.6 Å². The first-order valence-electron chi connectivity index (χ1n) is 10.8. The van der Waals surface area contributed by atoms with Crippen molar-refractivity contribution in [3.05, 3.63) is 0 Å². The van der Waals surface area contributed by atoms with Crippen molar-refractivity contribution in [3.8, 4) is 0 Å². The van der Waals surface area contributed by atoms with Gasteiger partial charge in [-0.15, -0.1) is 0 Å². The molecule has 0 aromatic carbocycles. The minimum Gasteiger partial charge on any atom is -1.00 e. The van der Waals surface area contributed by atoms with E-state index < -0.39 is 0 Å². The fourth-order valence-corrected chi connectivity index (χ4v) is 2.86. The van der Waals surface area contributed by atoms with E-state index in [9.17, 15) is 0 Å². The van der Waals surface area contributed by atoms with Crippen molar-refractivity contribution in [1.82, 2.24) is 0 Å². The summed E-state index contributed by atoms with van der Waals surface area (Å²) in [7, 11) is 4.34. The van der Waals surface area contributed by atoms with Crippen LogP contribution in [-0.4, -0.2) is 26.7 Å². The Morgan fingerprint density at radius 3 is 1.35 bits per heavy atom. The van der Waals surface area contributed by atoms with E-state index in [1.54, 1.807) is 0 Å². The van der Waals surface area contributed by atoms with Gasteiger partial charge in [-0.2, -0.15) is 0 Å². The van der Waals surface area contributed by atoms with Crippen LogP contribution in [0.1, 0.15) is 111 Å². The van der Waals surface area contributed by atoms with Gasteiger partial charge < -0.3 is 29.7 Å². The van der Waals surface area contributed by atoms with E-state index >= 15 is 0 Å². The molecule has 0 aliphatic heterocycles. The average Bonchev–Trinajstić information content (AvgIpc) is 2.56.